The standard InChI is InChI=1S/C9H20NO5P/c1-9(11)10-7-5-3-4-6-8-15-16(12,13)14-2/h3-8H2,1-2H3,(H,10,11)(H,12,13). The lowest BCUT2D eigenvalue weighted by atomic mass is 10.2. The second-order valence-electron chi connectivity index (χ2n) is 3.38. The van der Waals surface area contributed by atoms with Crippen molar-refractivity contribution in [2.75, 3.05) is 20.3 Å². The normalized spacial score (nSPS) is 14.4. The average Bonchev–Trinajstić information content (AvgIpc) is 2.21. The zero-order valence-electron chi connectivity index (χ0n) is 9.77. The van der Waals surface area contributed by atoms with Gasteiger partial charge in [-0.05, 0) is 12.8 Å². The average molecular weight is 253 g/mol. The van der Waals surface area contributed by atoms with Gasteiger partial charge in [0.2, 0.25) is 5.91 Å². The van der Waals surface area contributed by atoms with Gasteiger partial charge >= 0.3 is 7.82 Å². The van der Waals surface area contributed by atoms with Gasteiger partial charge in [-0.1, -0.05) is 12.8 Å². The van der Waals surface area contributed by atoms with E-state index in [9.17, 15) is 9.36 Å². The molecule has 0 saturated carbocycles. The molecule has 0 aliphatic rings. The highest BCUT2D eigenvalue weighted by Crippen LogP contribution is 2.41. The third kappa shape index (κ3) is 10.1. The number of carbonyl (C=O) groups excluding carboxylic acids is 1. The number of hydrogen-bond acceptors (Lipinski definition) is 4. The van der Waals surface area contributed by atoms with Crippen molar-refractivity contribution < 1.29 is 23.3 Å². The van der Waals surface area contributed by atoms with Crippen molar-refractivity contribution in [3.8, 4) is 0 Å². The molecule has 0 aromatic heterocycles. The second kappa shape index (κ2) is 8.70. The molecule has 0 aromatic rings. The van der Waals surface area contributed by atoms with Crippen molar-refractivity contribution in [3.63, 3.8) is 0 Å². The minimum Gasteiger partial charge on any atom is -0.356 e. The second-order valence-corrected chi connectivity index (χ2v) is 4.94. The number of amides is 1. The minimum absolute atomic E-state index is 0.0235. The topological polar surface area (TPSA) is 84.9 Å². The lowest BCUT2D eigenvalue weighted by Crippen LogP contribution is -2.20. The maximum Gasteiger partial charge on any atom is 0.471 e. The first-order valence-electron chi connectivity index (χ1n) is 5.25. The molecule has 0 heterocycles. The Morgan fingerprint density at radius 1 is 1.31 bits per heavy atom. The molecule has 0 aromatic carbocycles. The first-order valence-corrected chi connectivity index (χ1v) is 6.75. The van der Waals surface area contributed by atoms with Gasteiger partial charge in [0.25, 0.3) is 0 Å². The predicted octanol–water partition coefficient (Wildman–Crippen LogP) is 1.45. The van der Waals surface area contributed by atoms with Crippen molar-refractivity contribution in [1.82, 2.24) is 5.32 Å². The van der Waals surface area contributed by atoms with Crippen molar-refractivity contribution in [3.05, 3.63) is 0 Å². The summed E-state index contributed by atoms with van der Waals surface area (Å²) >= 11 is 0. The lowest BCUT2D eigenvalue weighted by molar-refractivity contribution is -0.118. The fraction of sp³-hybridized carbons (Fsp3) is 0.889. The molecule has 1 unspecified atom stereocenters. The van der Waals surface area contributed by atoms with E-state index >= 15 is 0 Å². The number of unbranched alkanes of at least 4 members (excludes halogenated alkanes) is 3. The molecule has 0 bridgehead atoms. The van der Waals surface area contributed by atoms with Gasteiger partial charge < -0.3 is 10.2 Å². The van der Waals surface area contributed by atoms with Gasteiger partial charge in [0.15, 0.2) is 0 Å². The van der Waals surface area contributed by atoms with Gasteiger partial charge in [-0.25, -0.2) is 4.57 Å². The molecule has 0 aliphatic carbocycles. The Morgan fingerprint density at radius 3 is 2.50 bits per heavy atom. The smallest absolute Gasteiger partial charge is 0.356 e. The molecule has 2 N–H and O–H groups in total. The summed E-state index contributed by atoms with van der Waals surface area (Å²) in [5, 5.41) is 2.70. The summed E-state index contributed by atoms with van der Waals surface area (Å²) in [5.41, 5.74) is 0. The van der Waals surface area contributed by atoms with Crippen LogP contribution < -0.4 is 5.32 Å². The van der Waals surface area contributed by atoms with Crippen molar-refractivity contribution >= 4 is 13.7 Å². The van der Waals surface area contributed by atoms with E-state index in [1.54, 1.807) is 0 Å². The highest BCUT2D eigenvalue weighted by molar-refractivity contribution is 7.47. The summed E-state index contributed by atoms with van der Waals surface area (Å²) in [7, 11) is -2.67. The number of carbonyl (C=O) groups is 1. The van der Waals surface area contributed by atoms with Gasteiger partial charge in [-0.2, -0.15) is 0 Å². The molecule has 0 rings (SSSR count). The largest absolute Gasteiger partial charge is 0.471 e. The summed E-state index contributed by atoms with van der Waals surface area (Å²) in [6.45, 7) is 2.37. The van der Waals surface area contributed by atoms with Crippen molar-refractivity contribution in [1.29, 1.82) is 0 Å². The van der Waals surface area contributed by atoms with Gasteiger partial charge in [-0.3, -0.25) is 13.8 Å². The first-order chi connectivity index (χ1) is 7.48. The van der Waals surface area contributed by atoms with Crippen LogP contribution in [0.4, 0.5) is 0 Å². The third-order valence-corrected chi connectivity index (χ3v) is 2.90. The Bertz CT molecular complexity index is 246. The molecule has 7 heteroatoms. The van der Waals surface area contributed by atoms with E-state index in [-0.39, 0.29) is 12.5 Å². The Labute approximate surface area is 95.9 Å². The monoisotopic (exact) mass is 253 g/mol. The van der Waals surface area contributed by atoms with E-state index in [0.717, 1.165) is 26.4 Å². The number of phosphoric ester groups is 1. The van der Waals surface area contributed by atoms with Crippen LogP contribution in [0.1, 0.15) is 32.6 Å². The molecule has 0 spiro atoms. The zero-order valence-corrected chi connectivity index (χ0v) is 10.7. The molecular formula is C9H20NO5P. The van der Waals surface area contributed by atoms with E-state index in [1.807, 2.05) is 0 Å². The number of hydrogen-bond donors (Lipinski definition) is 2. The van der Waals surface area contributed by atoms with Gasteiger partial charge in [-0.15, -0.1) is 0 Å². The molecule has 0 saturated heterocycles. The van der Waals surface area contributed by atoms with Crippen LogP contribution in [0.5, 0.6) is 0 Å². The molecular weight excluding hydrogens is 233 g/mol. The molecule has 6 nitrogen and oxygen atoms in total. The van der Waals surface area contributed by atoms with E-state index in [2.05, 4.69) is 14.4 Å². The summed E-state index contributed by atoms with van der Waals surface area (Å²) in [6, 6.07) is 0. The minimum atomic E-state index is -3.80. The summed E-state index contributed by atoms with van der Waals surface area (Å²) in [5.74, 6) is -0.0235. The molecule has 96 valence electrons. The van der Waals surface area contributed by atoms with E-state index in [4.69, 9.17) is 4.89 Å². The van der Waals surface area contributed by atoms with Crippen molar-refractivity contribution in [2.45, 2.75) is 32.6 Å². The number of nitrogens with one attached hydrogen (secondary N) is 1. The Morgan fingerprint density at radius 2 is 1.94 bits per heavy atom. The molecule has 0 fully saturated rings. The van der Waals surface area contributed by atoms with Crippen LogP contribution in [0, 0.1) is 0 Å². The van der Waals surface area contributed by atoms with Crippen LogP contribution in [-0.4, -0.2) is 31.1 Å². The Kier molecular flexibility index (Phi) is 8.47. The summed E-state index contributed by atoms with van der Waals surface area (Å²) < 4.78 is 19.7. The zero-order chi connectivity index (χ0) is 12.4. The maximum absolute atomic E-state index is 10.9. The van der Waals surface area contributed by atoms with Gasteiger partial charge in [0.1, 0.15) is 0 Å². The van der Waals surface area contributed by atoms with E-state index < -0.39 is 7.82 Å². The quantitative estimate of drug-likeness (QED) is 0.480. The molecule has 0 aliphatic heterocycles. The molecule has 1 amide bonds. The van der Waals surface area contributed by atoms with Crippen LogP contribution in [0.25, 0.3) is 0 Å². The fourth-order valence-electron chi connectivity index (χ4n) is 1.08. The van der Waals surface area contributed by atoms with Gasteiger partial charge in [0.05, 0.1) is 6.61 Å². The van der Waals surface area contributed by atoms with Gasteiger partial charge in [0, 0.05) is 20.6 Å². The first kappa shape index (κ1) is 15.6. The number of phosphoric acid groups is 1. The number of rotatable bonds is 9. The van der Waals surface area contributed by atoms with E-state index in [0.29, 0.717) is 13.0 Å². The van der Waals surface area contributed by atoms with Crippen LogP contribution >= 0.6 is 7.82 Å². The molecule has 0 radical (unpaired) electrons. The fourth-order valence-corrected chi connectivity index (χ4v) is 1.54. The SMILES string of the molecule is COP(=O)(O)OCCCCCCNC(C)=O. The predicted molar refractivity (Wildman–Crippen MR) is 59.9 cm³/mol. The highest BCUT2D eigenvalue weighted by Gasteiger charge is 2.17. The molecule has 16 heavy (non-hydrogen) atoms. The summed E-state index contributed by atoms with van der Waals surface area (Å²) in [6.07, 6.45) is 3.45. The van der Waals surface area contributed by atoms with Crippen molar-refractivity contribution in [2.24, 2.45) is 0 Å². The van der Waals surface area contributed by atoms with Crippen LogP contribution in [0.3, 0.4) is 0 Å². The Hall–Kier alpha value is -0.420. The van der Waals surface area contributed by atoms with E-state index in [1.165, 1.54) is 6.92 Å². The summed E-state index contributed by atoms with van der Waals surface area (Å²) in [4.78, 5) is 19.4. The van der Waals surface area contributed by atoms with Crippen LogP contribution in [0.2, 0.25) is 0 Å². The van der Waals surface area contributed by atoms with Crippen LogP contribution in [-0.2, 0) is 18.4 Å². The Balaban J connectivity index is 3.22. The lowest BCUT2D eigenvalue weighted by Gasteiger charge is -2.08. The molecule has 1 atom stereocenters. The van der Waals surface area contributed by atoms with Crippen LogP contribution in [0.15, 0.2) is 0 Å². The third-order valence-electron chi connectivity index (χ3n) is 1.93. The highest BCUT2D eigenvalue weighted by atomic mass is 31.2. The maximum atomic E-state index is 10.9.